The zero-order chi connectivity index (χ0) is 19.9. The third-order valence-electron chi connectivity index (χ3n) is 11.4. The molecule has 5 aliphatic rings. The molecule has 28 heavy (non-hydrogen) atoms. The summed E-state index contributed by atoms with van der Waals surface area (Å²) >= 11 is 0. The summed E-state index contributed by atoms with van der Waals surface area (Å²) in [5.41, 5.74) is 1.07. The van der Waals surface area contributed by atoms with Crippen LogP contribution in [0.2, 0.25) is 0 Å². The van der Waals surface area contributed by atoms with E-state index in [9.17, 15) is 4.79 Å². The van der Waals surface area contributed by atoms with Gasteiger partial charge in [0.1, 0.15) is 5.78 Å². The van der Waals surface area contributed by atoms with Crippen LogP contribution in [0.5, 0.6) is 0 Å². The lowest BCUT2D eigenvalue weighted by Gasteiger charge is -2.53. The highest BCUT2D eigenvalue weighted by molar-refractivity contribution is 5.90. The molecular formula is C27H44O. The van der Waals surface area contributed by atoms with E-state index >= 15 is 0 Å². The average molecular weight is 385 g/mol. The van der Waals surface area contributed by atoms with Crippen molar-refractivity contribution in [1.29, 1.82) is 0 Å². The molecule has 0 N–H and O–H groups in total. The van der Waals surface area contributed by atoms with E-state index in [1.165, 1.54) is 64.2 Å². The number of ketones is 1. The van der Waals surface area contributed by atoms with Gasteiger partial charge in [-0.1, -0.05) is 53.9 Å². The van der Waals surface area contributed by atoms with Crippen LogP contribution in [0.1, 0.15) is 105 Å². The predicted molar refractivity (Wildman–Crippen MR) is 116 cm³/mol. The largest absolute Gasteiger partial charge is 0.299 e. The van der Waals surface area contributed by atoms with Gasteiger partial charge in [-0.3, -0.25) is 4.79 Å². The molecular weight excluding hydrogens is 340 g/mol. The van der Waals surface area contributed by atoms with Gasteiger partial charge in [-0.25, -0.2) is 0 Å². The van der Waals surface area contributed by atoms with Crippen molar-refractivity contribution in [1.82, 2.24) is 0 Å². The van der Waals surface area contributed by atoms with Crippen LogP contribution in [0, 0.1) is 57.7 Å². The molecule has 5 fully saturated rings. The molecule has 5 saturated carbocycles. The summed E-state index contributed by atoms with van der Waals surface area (Å²) in [5, 5.41) is 0. The van der Waals surface area contributed by atoms with Crippen LogP contribution in [0.25, 0.3) is 0 Å². The van der Waals surface area contributed by atoms with Crippen molar-refractivity contribution in [3.05, 3.63) is 0 Å². The number of carbonyl (C=O) groups is 1. The van der Waals surface area contributed by atoms with Crippen LogP contribution in [0.3, 0.4) is 0 Å². The lowest BCUT2D eigenvalue weighted by atomic mass is 9.51. The summed E-state index contributed by atoms with van der Waals surface area (Å²) in [6, 6.07) is 0. The van der Waals surface area contributed by atoms with Crippen molar-refractivity contribution >= 4 is 5.78 Å². The highest BCUT2D eigenvalue weighted by atomic mass is 16.1. The highest BCUT2D eigenvalue weighted by Crippen LogP contribution is 2.84. The quantitative estimate of drug-likeness (QED) is 0.486. The number of rotatable bonds is 5. The zero-order valence-electron chi connectivity index (χ0n) is 19.2. The smallest absolute Gasteiger partial charge is 0.139 e. The molecule has 0 aromatic rings. The molecule has 5 aliphatic carbocycles. The summed E-state index contributed by atoms with van der Waals surface area (Å²) in [7, 11) is 0. The van der Waals surface area contributed by atoms with E-state index in [0.717, 1.165) is 47.8 Å². The first-order valence-corrected chi connectivity index (χ1v) is 12.8. The molecule has 5 rings (SSSR count). The van der Waals surface area contributed by atoms with E-state index in [2.05, 4.69) is 34.6 Å². The van der Waals surface area contributed by atoms with E-state index in [0.29, 0.717) is 16.6 Å². The van der Waals surface area contributed by atoms with Gasteiger partial charge in [0.25, 0.3) is 0 Å². The fraction of sp³-hybridized carbons (Fsp3) is 0.963. The number of fused-ring (bicyclic) bond motifs is 5. The van der Waals surface area contributed by atoms with Gasteiger partial charge < -0.3 is 0 Å². The summed E-state index contributed by atoms with van der Waals surface area (Å²) in [5.74, 6) is 6.80. The molecule has 0 aromatic heterocycles. The molecule has 1 heteroatoms. The summed E-state index contributed by atoms with van der Waals surface area (Å²) < 4.78 is 0. The van der Waals surface area contributed by atoms with Crippen LogP contribution in [-0.4, -0.2) is 5.78 Å². The third kappa shape index (κ3) is 2.34. The van der Waals surface area contributed by atoms with Crippen LogP contribution < -0.4 is 0 Å². The fourth-order valence-corrected chi connectivity index (χ4v) is 10.2. The lowest BCUT2D eigenvalue weighted by Crippen LogP contribution is -2.47. The van der Waals surface area contributed by atoms with Gasteiger partial charge in [-0.2, -0.15) is 0 Å². The number of Topliss-reactive ketones (excluding diaryl/α,β-unsaturated/α-hetero) is 1. The summed E-state index contributed by atoms with van der Waals surface area (Å²) in [6.07, 6.45) is 14.7. The van der Waals surface area contributed by atoms with E-state index in [4.69, 9.17) is 0 Å². The van der Waals surface area contributed by atoms with Gasteiger partial charge in [0.2, 0.25) is 0 Å². The maximum atomic E-state index is 13.1. The Morgan fingerprint density at radius 3 is 2.50 bits per heavy atom. The first kappa shape index (κ1) is 19.6. The average Bonchev–Trinajstić information content (AvgIpc) is 3.21. The van der Waals surface area contributed by atoms with Gasteiger partial charge in [-0.05, 0) is 97.2 Å². The van der Waals surface area contributed by atoms with Crippen molar-refractivity contribution in [3.63, 3.8) is 0 Å². The van der Waals surface area contributed by atoms with E-state index in [1.54, 1.807) is 0 Å². The molecule has 0 heterocycles. The van der Waals surface area contributed by atoms with Crippen LogP contribution in [0.4, 0.5) is 0 Å². The van der Waals surface area contributed by atoms with Gasteiger partial charge in [0.05, 0.1) is 0 Å². The van der Waals surface area contributed by atoms with Crippen molar-refractivity contribution in [2.24, 2.45) is 57.7 Å². The molecule has 9 atom stereocenters. The molecule has 0 aromatic carbocycles. The molecule has 0 bridgehead atoms. The maximum Gasteiger partial charge on any atom is 0.139 e. The predicted octanol–water partition coefficient (Wildman–Crippen LogP) is 7.29. The van der Waals surface area contributed by atoms with Crippen LogP contribution >= 0.6 is 0 Å². The van der Waals surface area contributed by atoms with E-state index in [1.807, 2.05) is 0 Å². The number of hydrogen-bond acceptors (Lipinski definition) is 1. The third-order valence-corrected chi connectivity index (χ3v) is 11.4. The molecule has 0 saturated heterocycles. The van der Waals surface area contributed by atoms with Crippen LogP contribution in [-0.2, 0) is 4.79 Å². The van der Waals surface area contributed by atoms with Gasteiger partial charge in [0.15, 0.2) is 0 Å². The van der Waals surface area contributed by atoms with Crippen molar-refractivity contribution < 1.29 is 4.79 Å². The lowest BCUT2D eigenvalue weighted by molar-refractivity contribution is -0.134. The standard InChI is InChI=1S/C27H44O/c1-17(2)8-6-9-18(3)19-11-12-20-24-21(13-15-25(19,20)4)26(5)14-7-10-23(28)27(26)16-22(24)27/h17-22,24H,6-16H2,1-5H3/t18-,19-,20+,21+,22+,24+,25-,26-,27+/m1/s1. The Balaban J connectivity index is 1.37. The SMILES string of the molecule is CC(C)CCC[C@@H](C)[C@H]1CC[C@H]2[C@H]3[C@H](CC[C@]12C)[C@@]1(C)CCCC(=O)[C@@]12C[C@@H]32. The fourth-order valence-electron chi connectivity index (χ4n) is 10.2. The second-order valence-electron chi connectivity index (χ2n) is 12.8. The molecule has 0 amide bonds. The number of hydrogen-bond donors (Lipinski definition) is 0. The Labute approximate surface area is 173 Å². The Hall–Kier alpha value is -0.330. The molecule has 0 radical (unpaired) electrons. The highest BCUT2D eigenvalue weighted by Gasteiger charge is 2.81. The topological polar surface area (TPSA) is 17.1 Å². The van der Waals surface area contributed by atoms with Crippen molar-refractivity contribution in [3.8, 4) is 0 Å². The Morgan fingerprint density at radius 1 is 0.964 bits per heavy atom. The molecule has 0 aliphatic heterocycles. The van der Waals surface area contributed by atoms with Crippen LogP contribution in [0.15, 0.2) is 0 Å². The second kappa shape index (κ2) is 6.34. The molecule has 1 nitrogen and oxygen atoms in total. The summed E-state index contributed by atoms with van der Waals surface area (Å²) in [4.78, 5) is 13.1. The Bertz CT molecular complexity index is 651. The first-order valence-electron chi connectivity index (χ1n) is 12.8. The van der Waals surface area contributed by atoms with Crippen molar-refractivity contribution in [2.45, 2.75) is 105 Å². The summed E-state index contributed by atoms with van der Waals surface area (Å²) in [6.45, 7) is 12.5. The van der Waals surface area contributed by atoms with E-state index < -0.39 is 0 Å². The number of carbonyl (C=O) groups excluding carboxylic acids is 1. The minimum Gasteiger partial charge on any atom is -0.299 e. The normalized spacial score (nSPS) is 52.8. The van der Waals surface area contributed by atoms with Gasteiger partial charge in [0, 0.05) is 11.8 Å². The van der Waals surface area contributed by atoms with E-state index in [-0.39, 0.29) is 5.41 Å². The first-order chi connectivity index (χ1) is 13.3. The second-order valence-corrected chi connectivity index (χ2v) is 12.8. The van der Waals surface area contributed by atoms with Crippen molar-refractivity contribution in [2.75, 3.05) is 0 Å². The minimum absolute atomic E-state index is 0.146. The van der Waals surface area contributed by atoms with Gasteiger partial charge >= 0.3 is 0 Å². The maximum absolute atomic E-state index is 13.1. The van der Waals surface area contributed by atoms with Gasteiger partial charge in [-0.15, -0.1) is 0 Å². The molecule has 158 valence electrons. The zero-order valence-corrected chi connectivity index (χ0v) is 19.2. The monoisotopic (exact) mass is 384 g/mol. The Kier molecular flexibility index (Phi) is 4.44. The molecule has 0 unspecified atom stereocenters. The Morgan fingerprint density at radius 2 is 1.75 bits per heavy atom. The molecule has 1 spiro atoms. The minimum atomic E-state index is 0.146.